The normalized spacial score (nSPS) is 29.0. The van der Waals surface area contributed by atoms with Crippen LogP contribution in [0.15, 0.2) is 11.4 Å². The second-order valence-corrected chi connectivity index (χ2v) is 6.01. The third-order valence-corrected chi connectivity index (χ3v) is 5.52. The monoisotopic (exact) mass is 221 g/mol. The lowest BCUT2D eigenvalue weighted by molar-refractivity contribution is 0.185. The molecule has 1 aliphatic carbocycles. The Labute approximate surface area is 95.9 Å². The predicted octanol–water partition coefficient (Wildman–Crippen LogP) is 3.23. The van der Waals surface area contributed by atoms with E-state index in [1.165, 1.54) is 44.2 Å². The van der Waals surface area contributed by atoms with Crippen LogP contribution in [0.25, 0.3) is 0 Å². The van der Waals surface area contributed by atoms with Crippen LogP contribution < -0.4 is 5.32 Å². The molecule has 2 fully saturated rings. The Hall–Kier alpha value is -0.340. The first-order valence-electron chi connectivity index (χ1n) is 6.11. The van der Waals surface area contributed by atoms with Gasteiger partial charge in [-0.15, -0.1) is 11.3 Å². The fourth-order valence-corrected chi connectivity index (χ4v) is 4.57. The van der Waals surface area contributed by atoms with Gasteiger partial charge in [-0.25, -0.2) is 0 Å². The van der Waals surface area contributed by atoms with Crippen LogP contribution in [0.3, 0.4) is 0 Å². The minimum Gasteiger partial charge on any atom is -0.313 e. The van der Waals surface area contributed by atoms with Gasteiger partial charge in [-0.3, -0.25) is 0 Å². The summed E-state index contributed by atoms with van der Waals surface area (Å²) in [6.45, 7) is 3.51. The summed E-state index contributed by atoms with van der Waals surface area (Å²) in [5.41, 5.74) is 2.04. The van der Waals surface area contributed by atoms with Crippen LogP contribution in [0.1, 0.15) is 42.5 Å². The summed E-state index contributed by atoms with van der Waals surface area (Å²) < 4.78 is 0. The van der Waals surface area contributed by atoms with Gasteiger partial charge in [0.15, 0.2) is 0 Å². The van der Waals surface area contributed by atoms with E-state index in [2.05, 4.69) is 23.7 Å². The van der Waals surface area contributed by atoms with Gasteiger partial charge >= 0.3 is 0 Å². The van der Waals surface area contributed by atoms with E-state index in [-0.39, 0.29) is 0 Å². The number of thiophene rings is 1. The molecule has 0 amide bonds. The van der Waals surface area contributed by atoms with E-state index in [4.69, 9.17) is 0 Å². The van der Waals surface area contributed by atoms with Gasteiger partial charge in [-0.1, -0.05) is 6.42 Å². The van der Waals surface area contributed by atoms with E-state index < -0.39 is 0 Å². The predicted molar refractivity (Wildman–Crippen MR) is 65.6 cm³/mol. The van der Waals surface area contributed by atoms with Gasteiger partial charge in [0.1, 0.15) is 0 Å². The molecule has 1 aromatic heterocycles. The highest BCUT2D eigenvalue weighted by molar-refractivity contribution is 7.10. The first-order chi connectivity index (χ1) is 7.33. The maximum Gasteiger partial charge on any atom is 0.0203 e. The van der Waals surface area contributed by atoms with Crippen molar-refractivity contribution in [1.82, 2.24) is 5.32 Å². The molecule has 0 radical (unpaired) electrons. The third kappa shape index (κ3) is 1.38. The number of hydrogen-bond donors (Lipinski definition) is 1. The van der Waals surface area contributed by atoms with Gasteiger partial charge < -0.3 is 5.32 Å². The number of nitrogens with one attached hydrogen (secondary N) is 1. The SMILES string of the molecule is Cc1ccsc1C1(C2CCCN2)CCC1. The van der Waals surface area contributed by atoms with Gasteiger partial charge in [0.2, 0.25) is 0 Å². The molecule has 1 aliphatic heterocycles. The van der Waals surface area contributed by atoms with E-state index in [1.54, 1.807) is 4.88 Å². The maximum atomic E-state index is 3.72. The van der Waals surface area contributed by atoms with Crippen molar-refractivity contribution in [2.45, 2.75) is 50.5 Å². The Balaban J connectivity index is 1.95. The first kappa shape index (κ1) is 9.86. The molecule has 2 heterocycles. The number of hydrogen-bond acceptors (Lipinski definition) is 2. The van der Waals surface area contributed by atoms with Crippen molar-refractivity contribution >= 4 is 11.3 Å². The molecular weight excluding hydrogens is 202 g/mol. The number of aryl methyl sites for hydroxylation is 1. The van der Waals surface area contributed by atoms with Crippen molar-refractivity contribution in [2.75, 3.05) is 6.54 Å². The Morgan fingerprint density at radius 1 is 1.40 bits per heavy atom. The second-order valence-electron chi connectivity index (χ2n) is 5.09. The van der Waals surface area contributed by atoms with Crippen LogP contribution in [-0.2, 0) is 5.41 Å². The zero-order valence-corrected chi connectivity index (χ0v) is 10.2. The lowest BCUT2D eigenvalue weighted by Gasteiger charge is -2.46. The van der Waals surface area contributed by atoms with Crippen LogP contribution >= 0.6 is 11.3 Å². The van der Waals surface area contributed by atoms with Crippen LogP contribution in [0.5, 0.6) is 0 Å². The fourth-order valence-electron chi connectivity index (χ4n) is 3.33. The molecule has 1 atom stereocenters. The Morgan fingerprint density at radius 2 is 2.27 bits per heavy atom. The fraction of sp³-hybridized carbons (Fsp3) is 0.692. The molecule has 1 N–H and O–H groups in total. The van der Waals surface area contributed by atoms with Crippen molar-refractivity contribution in [1.29, 1.82) is 0 Å². The third-order valence-electron chi connectivity index (χ3n) is 4.29. The first-order valence-corrected chi connectivity index (χ1v) is 6.99. The highest BCUT2D eigenvalue weighted by Gasteiger charge is 2.47. The van der Waals surface area contributed by atoms with Gasteiger partial charge in [0, 0.05) is 16.3 Å². The smallest absolute Gasteiger partial charge is 0.0203 e. The molecule has 1 saturated heterocycles. The molecule has 1 aromatic rings. The molecule has 82 valence electrons. The molecule has 2 heteroatoms. The van der Waals surface area contributed by atoms with Gasteiger partial charge in [0.25, 0.3) is 0 Å². The zero-order chi connectivity index (χ0) is 10.3. The molecule has 1 nitrogen and oxygen atoms in total. The van der Waals surface area contributed by atoms with Crippen LogP contribution in [0.4, 0.5) is 0 Å². The Morgan fingerprint density at radius 3 is 2.73 bits per heavy atom. The van der Waals surface area contributed by atoms with E-state index in [0.29, 0.717) is 5.41 Å². The molecule has 3 rings (SSSR count). The summed E-state index contributed by atoms with van der Waals surface area (Å²) in [5.74, 6) is 0. The quantitative estimate of drug-likeness (QED) is 0.808. The lowest BCUT2D eigenvalue weighted by atomic mass is 9.62. The van der Waals surface area contributed by atoms with Gasteiger partial charge in [-0.2, -0.15) is 0 Å². The minimum atomic E-state index is 0.523. The van der Waals surface area contributed by atoms with E-state index in [1.807, 2.05) is 11.3 Å². The highest BCUT2D eigenvalue weighted by atomic mass is 32.1. The summed E-state index contributed by atoms with van der Waals surface area (Å²) in [4.78, 5) is 1.67. The van der Waals surface area contributed by atoms with Gasteiger partial charge in [0.05, 0.1) is 0 Å². The van der Waals surface area contributed by atoms with Gasteiger partial charge in [-0.05, 0) is 56.2 Å². The van der Waals surface area contributed by atoms with Crippen molar-refractivity contribution < 1.29 is 0 Å². The number of rotatable bonds is 2. The zero-order valence-electron chi connectivity index (χ0n) is 9.38. The van der Waals surface area contributed by atoms with Crippen molar-refractivity contribution in [2.24, 2.45) is 0 Å². The largest absolute Gasteiger partial charge is 0.313 e. The average molecular weight is 221 g/mol. The topological polar surface area (TPSA) is 12.0 Å². The summed E-state index contributed by atoms with van der Waals surface area (Å²) in [6, 6.07) is 3.05. The second kappa shape index (κ2) is 3.60. The molecule has 1 saturated carbocycles. The Bertz CT molecular complexity index is 345. The standard InChI is InChI=1S/C13H19NS/c1-10-5-9-15-12(10)13(6-3-7-13)11-4-2-8-14-11/h5,9,11,14H,2-4,6-8H2,1H3. The van der Waals surface area contributed by atoms with Crippen LogP contribution in [-0.4, -0.2) is 12.6 Å². The van der Waals surface area contributed by atoms with E-state index >= 15 is 0 Å². The molecule has 0 aromatic carbocycles. The van der Waals surface area contributed by atoms with Crippen LogP contribution in [0, 0.1) is 6.92 Å². The molecular formula is C13H19NS. The lowest BCUT2D eigenvalue weighted by Crippen LogP contribution is -2.49. The summed E-state index contributed by atoms with van der Waals surface area (Å²) in [7, 11) is 0. The summed E-state index contributed by atoms with van der Waals surface area (Å²) >= 11 is 1.98. The Kier molecular flexibility index (Phi) is 2.37. The van der Waals surface area contributed by atoms with Crippen molar-refractivity contribution in [3.8, 4) is 0 Å². The molecule has 1 unspecified atom stereocenters. The van der Waals surface area contributed by atoms with Crippen LogP contribution in [0.2, 0.25) is 0 Å². The van der Waals surface area contributed by atoms with E-state index in [0.717, 1.165) is 6.04 Å². The molecule has 0 spiro atoms. The molecule has 0 bridgehead atoms. The molecule has 2 aliphatic rings. The van der Waals surface area contributed by atoms with E-state index in [9.17, 15) is 0 Å². The highest BCUT2D eigenvalue weighted by Crippen LogP contribution is 2.51. The summed E-state index contributed by atoms with van der Waals surface area (Å²) in [5, 5.41) is 5.99. The van der Waals surface area contributed by atoms with Crippen molar-refractivity contribution in [3.05, 3.63) is 21.9 Å². The minimum absolute atomic E-state index is 0.523. The average Bonchev–Trinajstić information content (AvgIpc) is 2.77. The molecule has 15 heavy (non-hydrogen) atoms. The van der Waals surface area contributed by atoms with Crippen molar-refractivity contribution in [3.63, 3.8) is 0 Å². The maximum absolute atomic E-state index is 3.72. The summed E-state index contributed by atoms with van der Waals surface area (Å²) in [6.07, 6.45) is 7.00.